The molecule has 1 heterocycles. The van der Waals surface area contributed by atoms with Crippen LogP contribution in [0.5, 0.6) is 0 Å². The number of hydrogen-bond acceptors (Lipinski definition) is 5. The number of nitro groups is 1. The van der Waals surface area contributed by atoms with Gasteiger partial charge in [-0.25, -0.2) is 4.79 Å². The fraction of sp³-hybridized carbons (Fsp3) is 0.529. The van der Waals surface area contributed by atoms with Crippen molar-refractivity contribution in [1.29, 1.82) is 0 Å². The first-order valence-corrected chi connectivity index (χ1v) is 8.09. The van der Waals surface area contributed by atoms with Gasteiger partial charge in [-0.3, -0.25) is 14.9 Å². The first kappa shape index (κ1) is 17.9. The molecule has 1 amide bonds. The number of ether oxygens (including phenoxy) is 1. The highest BCUT2D eigenvalue weighted by atomic mass is 16.6. The second-order valence-electron chi connectivity index (χ2n) is 6.23. The average Bonchev–Trinajstić information content (AvgIpc) is 2.54. The Morgan fingerprint density at radius 3 is 2.50 bits per heavy atom. The maximum atomic E-state index is 12.6. The number of nitro benzene ring substituents is 1. The molecule has 0 bridgehead atoms. The summed E-state index contributed by atoms with van der Waals surface area (Å²) in [5, 5.41) is 10.8. The zero-order valence-electron chi connectivity index (χ0n) is 14.1. The van der Waals surface area contributed by atoms with Gasteiger partial charge < -0.3 is 9.64 Å². The fourth-order valence-electron chi connectivity index (χ4n) is 3.09. The number of likely N-dealkylation sites (tertiary alicyclic amines) is 1. The SMILES string of the molecule is C[C@@H]1CCC[C@@H](C)N1C(=O)[C@@H](C)OC(=O)c1cccc([N+](=O)[O-])c1. The molecule has 1 aliphatic heterocycles. The van der Waals surface area contributed by atoms with Gasteiger partial charge in [0.25, 0.3) is 11.6 Å². The number of esters is 1. The van der Waals surface area contributed by atoms with Crippen molar-refractivity contribution in [2.75, 3.05) is 0 Å². The van der Waals surface area contributed by atoms with Crippen LogP contribution in [0.1, 0.15) is 50.4 Å². The summed E-state index contributed by atoms with van der Waals surface area (Å²) in [4.78, 5) is 36.7. The third-order valence-corrected chi connectivity index (χ3v) is 4.37. The minimum absolute atomic E-state index is 0.0589. The van der Waals surface area contributed by atoms with E-state index in [9.17, 15) is 19.7 Å². The van der Waals surface area contributed by atoms with Gasteiger partial charge in [0.05, 0.1) is 10.5 Å². The molecular formula is C17H22N2O5. The van der Waals surface area contributed by atoms with E-state index < -0.39 is 17.0 Å². The van der Waals surface area contributed by atoms with Crippen LogP contribution in [0.2, 0.25) is 0 Å². The summed E-state index contributed by atoms with van der Waals surface area (Å²) in [6, 6.07) is 5.50. The topological polar surface area (TPSA) is 89.8 Å². The number of non-ortho nitro benzene ring substituents is 1. The predicted octanol–water partition coefficient (Wildman–Crippen LogP) is 2.93. The van der Waals surface area contributed by atoms with Crippen molar-refractivity contribution >= 4 is 17.6 Å². The van der Waals surface area contributed by atoms with E-state index in [2.05, 4.69) is 0 Å². The molecule has 1 saturated heterocycles. The Hall–Kier alpha value is -2.44. The lowest BCUT2D eigenvalue weighted by atomic mass is 9.97. The lowest BCUT2D eigenvalue weighted by Gasteiger charge is -2.40. The van der Waals surface area contributed by atoms with Gasteiger partial charge in [-0.05, 0) is 46.1 Å². The first-order valence-electron chi connectivity index (χ1n) is 8.09. The molecule has 2 rings (SSSR count). The number of hydrogen-bond donors (Lipinski definition) is 0. The van der Waals surface area contributed by atoms with Crippen LogP contribution in [0.4, 0.5) is 5.69 Å². The minimum atomic E-state index is -0.931. The summed E-state index contributed by atoms with van der Waals surface area (Å²) in [5.74, 6) is -0.967. The highest BCUT2D eigenvalue weighted by Gasteiger charge is 2.33. The van der Waals surface area contributed by atoms with Gasteiger partial charge >= 0.3 is 5.97 Å². The predicted molar refractivity (Wildman–Crippen MR) is 87.6 cm³/mol. The number of rotatable bonds is 4. The summed E-state index contributed by atoms with van der Waals surface area (Å²) in [7, 11) is 0. The van der Waals surface area contributed by atoms with Crippen LogP contribution < -0.4 is 0 Å². The first-order chi connectivity index (χ1) is 11.3. The van der Waals surface area contributed by atoms with Crippen LogP contribution in [0.3, 0.4) is 0 Å². The molecule has 0 N–H and O–H groups in total. The second kappa shape index (κ2) is 7.42. The van der Waals surface area contributed by atoms with Crippen LogP contribution in [-0.4, -0.2) is 39.9 Å². The number of carbonyl (C=O) groups excluding carboxylic acids is 2. The maximum Gasteiger partial charge on any atom is 0.339 e. The fourth-order valence-corrected chi connectivity index (χ4v) is 3.09. The van der Waals surface area contributed by atoms with E-state index in [0.717, 1.165) is 25.3 Å². The molecule has 0 spiro atoms. The normalized spacial score (nSPS) is 21.9. The van der Waals surface area contributed by atoms with Crippen LogP contribution >= 0.6 is 0 Å². The molecule has 7 heteroatoms. The van der Waals surface area contributed by atoms with Crippen molar-refractivity contribution in [2.45, 2.75) is 58.2 Å². The van der Waals surface area contributed by atoms with E-state index in [-0.39, 0.29) is 29.2 Å². The van der Waals surface area contributed by atoms with Crippen LogP contribution in [-0.2, 0) is 9.53 Å². The number of nitrogens with zero attached hydrogens (tertiary/aromatic N) is 2. The molecule has 1 aromatic rings. The van der Waals surface area contributed by atoms with Gasteiger partial charge in [0.1, 0.15) is 0 Å². The van der Waals surface area contributed by atoms with E-state index in [1.54, 1.807) is 4.90 Å². The van der Waals surface area contributed by atoms with Crippen molar-refractivity contribution in [3.63, 3.8) is 0 Å². The molecule has 7 nitrogen and oxygen atoms in total. The molecule has 0 aromatic heterocycles. The quantitative estimate of drug-likeness (QED) is 0.480. The van der Waals surface area contributed by atoms with Gasteiger partial charge in [-0.2, -0.15) is 0 Å². The molecule has 1 aromatic carbocycles. The van der Waals surface area contributed by atoms with Crippen LogP contribution in [0, 0.1) is 10.1 Å². The zero-order chi connectivity index (χ0) is 17.9. The van der Waals surface area contributed by atoms with Crippen molar-refractivity contribution in [2.24, 2.45) is 0 Å². The molecule has 1 aliphatic rings. The minimum Gasteiger partial charge on any atom is -0.449 e. The monoisotopic (exact) mass is 334 g/mol. The number of piperidine rings is 1. The number of benzene rings is 1. The lowest BCUT2D eigenvalue weighted by Crippen LogP contribution is -2.51. The molecule has 0 radical (unpaired) electrons. The van der Waals surface area contributed by atoms with Crippen LogP contribution in [0.25, 0.3) is 0 Å². The van der Waals surface area contributed by atoms with Gasteiger partial charge in [0, 0.05) is 24.2 Å². The Morgan fingerprint density at radius 1 is 1.29 bits per heavy atom. The summed E-state index contributed by atoms with van der Waals surface area (Å²) < 4.78 is 5.23. The molecule has 24 heavy (non-hydrogen) atoms. The summed E-state index contributed by atoms with van der Waals surface area (Å²) in [6.45, 7) is 5.51. The molecular weight excluding hydrogens is 312 g/mol. The number of carbonyl (C=O) groups is 2. The summed E-state index contributed by atoms with van der Waals surface area (Å²) in [5.41, 5.74) is -0.134. The van der Waals surface area contributed by atoms with E-state index in [0.29, 0.717) is 0 Å². The Kier molecular flexibility index (Phi) is 5.54. The molecule has 0 aliphatic carbocycles. The summed E-state index contributed by atoms with van der Waals surface area (Å²) >= 11 is 0. The second-order valence-corrected chi connectivity index (χ2v) is 6.23. The molecule has 1 fully saturated rings. The Labute approximate surface area is 140 Å². The third-order valence-electron chi connectivity index (χ3n) is 4.37. The van der Waals surface area contributed by atoms with Crippen molar-refractivity contribution < 1.29 is 19.2 Å². The average molecular weight is 334 g/mol. The third kappa shape index (κ3) is 3.90. The van der Waals surface area contributed by atoms with Crippen LogP contribution in [0.15, 0.2) is 24.3 Å². The molecule has 3 atom stereocenters. The summed E-state index contributed by atoms with van der Waals surface area (Å²) in [6.07, 6.45) is 2.01. The van der Waals surface area contributed by atoms with E-state index in [1.807, 2.05) is 13.8 Å². The Bertz CT molecular complexity index is 636. The zero-order valence-corrected chi connectivity index (χ0v) is 14.1. The van der Waals surface area contributed by atoms with E-state index in [1.165, 1.54) is 25.1 Å². The van der Waals surface area contributed by atoms with Gasteiger partial charge in [0.15, 0.2) is 6.10 Å². The van der Waals surface area contributed by atoms with Gasteiger partial charge in [-0.1, -0.05) is 6.07 Å². The highest BCUT2D eigenvalue weighted by molar-refractivity contribution is 5.92. The van der Waals surface area contributed by atoms with E-state index >= 15 is 0 Å². The highest BCUT2D eigenvalue weighted by Crippen LogP contribution is 2.24. The van der Waals surface area contributed by atoms with Crippen molar-refractivity contribution in [3.05, 3.63) is 39.9 Å². The lowest BCUT2D eigenvalue weighted by molar-refractivity contribution is -0.384. The standard InChI is InChI=1S/C17H22N2O5/c1-11-6-4-7-12(2)18(11)16(20)13(3)24-17(21)14-8-5-9-15(10-14)19(22)23/h5,8-13H,4,6-7H2,1-3H3/t11-,12-,13-/m1/s1. The van der Waals surface area contributed by atoms with Gasteiger partial charge in [-0.15, -0.1) is 0 Å². The largest absolute Gasteiger partial charge is 0.449 e. The van der Waals surface area contributed by atoms with E-state index in [4.69, 9.17) is 4.74 Å². The maximum absolute atomic E-state index is 12.6. The number of amides is 1. The van der Waals surface area contributed by atoms with Gasteiger partial charge in [0.2, 0.25) is 0 Å². The molecule has 130 valence electrons. The van der Waals surface area contributed by atoms with Crippen molar-refractivity contribution in [3.8, 4) is 0 Å². The Morgan fingerprint density at radius 2 is 1.92 bits per heavy atom. The molecule has 0 saturated carbocycles. The smallest absolute Gasteiger partial charge is 0.339 e. The molecule has 0 unspecified atom stereocenters. The Balaban J connectivity index is 2.06. The van der Waals surface area contributed by atoms with Crippen molar-refractivity contribution in [1.82, 2.24) is 4.90 Å².